The van der Waals surface area contributed by atoms with E-state index in [1.165, 1.54) is 11.3 Å². The fourth-order valence-electron chi connectivity index (χ4n) is 3.60. The van der Waals surface area contributed by atoms with Crippen LogP contribution in [0.5, 0.6) is 5.75 Å². The largest absolute Gasteiger partial charge is 0.497 e. The second-order valence-electron chi connectivity index (χ2n) is 7.13. The van der Waals surface area contributed by atoms with Crippen LogP contribution in [0.25, 0.3) is 6.08 Å². The molecular formula is C24H21IN2O4S. The quantitative estimate of drug-likeness (QED) is 0.355. The Balaban J connectivity index is 1.93. The Kier molecular flexibility index (Phi) is 6.61. The molecule has 0 saturated heterocycles. The topological polar surface area (TPSA) is 69.9 Å². The van der Waals surface area contributed by atoms with E-state index in [1.54, 1.807) is 25.5 Å². The third-order valence-electron chi connectivity index (χ3n) is 5.12. The van der Waals surface area contributed by atoms with Crippen molar-refractivity contribution in [2.45, 2.75) is 19.9 Å². The number of methoxy groups -OCH3 is 1. The van der Waals surface area contributed by atoms with Gasteiger partial charge >= 0.3 is 5.97 Å². The number of halogens is 1. The summed E-state index contributed by atoms with van der Waals surface area (Å²) < 4.78 is 13.8. The zero-order chi connectivity index (χ0) is 22.8. The molecule has 0 unspecified atom stereocenters. The Morgan fingerprint density at radius 1 is 1.19 bits per heavy atom. The fourth-order valence-corrected chi connectivity index (χ4v) is 5.01. The predicted octanol–water partition coefficient (Wildman–Crippen LogP) is 3.41. The van der Waals surface area contributed by atoms with E-state index in [1.807, 2.05) is 54.6 Å². The summed E-state index contributed by atoms with van der Waals surface area (Å²) in [6.45, 7) is 3.77. The number of hydrogen-bond donors (Lipinski definition) is 0. The first kappa shape index (κ1) is 22.5. The number of aromatic nitrogens is 1. The van der Waals surface area contributed by atoms with Crippen molar-refractivity contribution >= 4 is 46.0 Å². The number of hydrogen-bond acceptors (Lipinski definition) is 6. The fraction of sp³-hybridized carbons (Fsp3) is 0.208. The lowest BCUT2D eigenvalue weighted by atomic mass is 9.96. The highest BCUT2D eigenvalue weighted by Gasteiger charge is 2.33. The molecule has 0 amide bonds. The van der Waals surface area contributed by atoms with Crippen LogP contribution >= 0.6 is 33.9 Å². The lowest BCUT2D eigenvalue weighted by Crippen LogP contribution is -2.39. The molecule has 6 nitrogen and oxygen atoms in total. The molecule has 0 aliphatic carbocycles. The molecule has 32 heavy (non-hydrogen) atoms. The first-order valence-corrected chi connectivity index (χ1v) is 11.9. The number of ether oxygens (including phenoxy) is 2. The summed E-state index contributed by atoms with van der Waals surface area (Å²) in [5, 5.41) is 0. The van der Waals surface area contributed by atoms with E-state index in [4.69, 9.17) is 9.47 Å². The monoisotopic (exact) mass is 560 g/mol. The molecule has 3 aromatic rings. The van der Waals surface area contributed by atoms with Gasteiger partial charge in [0, 0.05) is 3.57 Å². The number of nitrogens with zero attached hydrogens (tertiary/aromatic N) is 2. The molecule has 164 valence electrons. The summed E-state index contributed by atoms with van der Waals surface area (Å²) in [5.74, 6) is 0.222. The average molecular weight is 560 g/mol. The van der Waals surface area contributed by atoms with Crippen molar-refractivity contribution in [3.05, 3.63) is 94.2 Å². The molecule has 2 heterocycles. The minimum atomic E-state index is -0.630. The van der Waals surface area contributed by atoms with Crippen LogP contribution in [0.3, 0.4) is 0 Å². The molecule has 2 aromatic carbocycles. The number of benzene rings is 2. The number of rotatable bonds is 5. The van der Waals surface area contributed by atoms with Crippen molar-refractivity contribution < 1.29 is 14.3 Å². The van der Waals surface area contributed by atoms with Crippen LogP contribution in [0, 0.1) is 3.57 Å². The Morgan fingerprint density at radius 3 is 2.50 bits per heavy atom. The summed E-state index contributed by atoms with van der Waals surface area (Å²) in [5.41, 5.74) is 2.43. The molecule has 0 saturated carbocycles. The van der Waals surface area contributed by atoms with E-state index in [0.717, 1.165) is 14.7 Å². The van der Waals surface area contributed by atoms with Gasteiger partial charge in [-0.2, -0.15) is 0 Å². The molecule has 1 aliphatic rings. The van der Waals surface area contributed by atoms with E-state index in [0.29, 0.717) is 26.4 Å². The van der Waals surface area contributed by atoms with Crippen molar-refractivity contribution in [1.82, 2.24) is 4.57 Å². The average Bonchev–Trinajstić information content (AvgIpc) is 3.09. The highest BCUT2D eigenvalue weighted by atomic mass is 127. The van der Waals surface area contributed by atoms with Gasteiger partial charge in [0.05, 0.1) is 35.6 Å². The maximum absolute atomic E-state index is 13.5. The predicted molar refractivity (Wildman–Crippen MR) is 133 cm³/mol. The molecule has 1 aromatic heterocycles. The van der Waals surface area contributed by atoms with Gasteiger partial charge in [-0.15, -0.1) is 0 Å². The Morgan fingerprint density at radius 2 is 1.88 bits per heavy atom. The van der Waals surface area contributed by atoms with Gasteiger partial charge in [0.1, 0.15) is 5.75 Å². The van der Waals surface area contributed by atoms with Gasteiger partial charge in [0.25, 0.3) is 5.56 Å². The van der Waals surface area contributed by atoms with Crippen LogP contribution in [0.1, 0.15) is 31.0 Å². The third-order valence-corrected chi connectivity index (χ3v) is 6.82. The van der Waals surface area contributed by atoms with Crippen LogP contribution in [0.2, 0.25) is 0 Å². The van der Waals surface area contributed by atoms with Crippen molar-refractivity contribution in [3.63, 3.8) is 0 Å². The Hall–Kier alpha value is -2.72. The SMILES string of the molecule is CCOC(=O)C1=C(C)N=c2s/c(=C\c3ccc(I)cc3)c(=O)n2[C@H]1c1ccc(OC)cc1. The number of allylic oxidation sites excluding steroid dienone is 1. The molecule has 0 bridgehead atoms. The molecule has 0 N–H and O–H groups in total. The van der Waals surface area contributed by atoms with E-state index >= 15 is 0 Å². The molecule has 1 atom stereocenters. The summed E-state index contributed by atoms with van der Waals surface area (Å²) in [6.07, 6.45) is 1.86. The smallest absolute Gasteiger partial charge is 0.338 e. The normalized spacial score (nSPS) is 15.9. The minimum absolute atomic E-state index is 0.192. The van der Waals surface area contributed by atoms with Crippen LogP contribution in [0.15, 0.2) is 69.6 Å². The van der Waals surface area contributed by atoms with Gasteiger partial charge in [-0.05, 0) is 77.9 Å². The molecule has 1 aliphatic heterocycles. The summed E-state index contributed by atoms with van der Waals surface area (Å²) in [7, 11) is 1.59. The van der Waals surface area contributed by atoms with Crippen molar-refractivity contribution in [3.8, 4) is 5.75 Å². The zero-order valence-corrected chi connectivity index (χ0v) is 20.8. The number of carbonyl (C=O) groups is 1. The Bertz CT molecular complexity index is 1370. The van der Waals surface area contributed by atoms with Gasteiger partial charge in [0.2, 0.25) is 0 Å². The first-order chi connectivity index (χ1) is 15.4. The molecule has 0 fully saturated rings. The van der Waals surface area contributed by atoms with Crippen LogP contribution in [0.4, 0.5) is 0 Å². The van der Waals surface area contributed by atoms with Gasteiger partial charge < -0.3 is 9.47 Å². The lowest BCUT2D eigenvalue weighted by molar-refractivity contribution is -0.139. The van der Waals surface area contributed by atoms with E-state index < -0.39 is 12.0 Å². The maximum atomic E-state index is 13.5. The van der Waals surface area contributed by atoms with Gasteiger partial charge in [-0.1, -0.05) is 35.6 Å². The molecule has 4 rings (SSSR count). The number of fused-ring (bicyclic) bond motifs is 1. The van der Waals surface area contributed by atoms with Crippen molar-refractivity contribution in [2.24, 2.45) is 4.99 Å². The molecule has 8 heteroatoms. The van der Waals surface area contributed by atoms with Crippen LogP contribution < -0.4 is 19.6 Å². The molecule has 0 radical (unpaired) electrons. The van der Waals surface area contributed by atoms with Crippen LogP contribution in [-0.2, 0) is 9.53 Å². The highest BCUT2D eigenvalue weighted by molar-refractivity contribution is 14.1. The van der Waals surface area contributed by atoms with Gasteiger partial charge in [-0.25, -0.2) is 9.79 Å². The highest BCUT2D eigenvalue weighted by Crippen LogP contribution is 2.31. The number of carbonyl (C=O) groups excluding carboxylic acids is 1. The van der Waals surface area contributed by atoms with Crippen LogP contribution in [-0.4, -0.2) is 24.3 Å². The van der Waals surface area contributed by atoms with Gasteiger partial charge in [-0.3, -0.25) is 9.36 Å². The summed E-state index contributed by atoms with van der Waals surface area (Å²) in [4.78, 5) is 31.5. The Labute approximate surface area is 202 Å². The van der Waals surface area contributed by atoms with E-state index in [9.17, 15) is 9.59 Å². The minimum Gasteiger partial charge on any atom is -0.497 e. The second kappa shape index (κ2) is 9.41. The summed E-state index contributed by atoms with van der Waals surface area (Å²) >= 11 is 3.56. The number of esters is 1. The van der Waals surface area contributed by atoms with Crippen molar-refractivity contribution in [1.29, 1.82) is 0 Å². The summed E-state index contributed by atoms with van der Waals surface area (Å²) in [6, 6.07) is 14.6. The first-order valence-electron chi connectivity index (χ1n) is 10.0. The van der Waals surface area contributed by atoms with Gasteiger partial charge in [0.15, 0.2) is 4.80 Å². The standard InChI is InChI=1S/C24H21IN2O4S/c1-4-31-23(29)20-14(2)26-24-27(21(20)16-7-11-18(30-3)12-8-16)22(28)19(32-24)13-15-5-9-17(25)10-6-15/h5-13,21H,4H2,1-3H3/b19-13-/t21-/m0/s1. The lowest BCUT2D eigenvalue weighted by Gasteiger charge is -2.24. The van der Waals surface area contributed by atoms with Crippen molar-refractivity contribution in [2.75, 3.05) is 13.7 Å². The van der Waals surface area contributed by atoms with E-state index in [2.05, 4.69) is 27.6 Å². The third kappa shape index (κ3) is 4.29. The van der Waals surface area contributed by atoms with E-state index in [-0.39, 0.29) is 12.2 Å². The second-order valence-corrected chi connectivity index (χ2v) is 9.38. The molecule has 0 spiro atoms. The maximum Gasteiger partial charge on any atom is 0.338 e. The molecular weight excluding hydrogens is 539 g/mol. The zero-order valence-electron chi connectivity index (χ0n) is 17.8. The number of thiazole rings is 1.